The molecular weight excluding hydrogens is 1020 g/mol. The molecule has 8 aromatic carbocycles. The van der Waals surface area contributed by atoms with Crippen LogP contribution in [0.3, 0.4) is 0 Å². The Hall–Kier alpha value is -7.13. The van der Waals surface area contributed by atoms with E-state index in [1.54, 1.807) is 0 Å². The maximum atomic E-state index is 11.9. The molecule has 0 radical (unpaired) electrons. The first-order valence-corrected chi connectivity index (χ1v) is 24.2. The molecule has 0 atom stereocenters. The van der Waals surface area contributed by atoms with Gasteiger partial charge in [0.2, 0.25) is 0 Å². The summed E-state index contributed by atoms with van der Waals surface area (Å²) in [6.07, 6.45) is 0. The van der Waals surface area contributed by atoms with E-state index >= 15 is 0 Å². The van der Waals surface area contributed by atoms with Crippen LogP contribution >= 0.6 is 0 Å². The zero-order valence-electron chi connectivity index (χ0n) is 38.8. The van der Waals surface area contributed by atoms with Gasteiger partial charge in [-0.3, -0.25) is 9.97 Å². The number of imidazole rings is 1. The summed E-state index contributed by atoms with van der Waals surface area (Å²) < 4.78 is 2.45. The largest absolute Gasteiger partial charge is 0.507 e. The summed E-state index contributed by atoms with van der Waals surface area (Å²) in [6.45, 7) is 9.18. The summed E-state index contributed by atoms with van der Waals surface area (Å²) >= 11 is 0. The molecule has 0 aliphatic heterocycles. The third-order valence-corrected chi connectivity index (χ3v) is 15.7. The van der Waals surface area contributed by atoms with Crippen molar-refractivity contribution in [2.45, 2.75) is 63.2 Å². The fourth-order valence-corrected chi connectivity index (χ4v) is 12.8. The molecule has 6 aliphatic carbocycles. The van der Waals surface area contributed by atoms with Gasteiger partial charge in [-0.25, -0.2) is 0 Å². The minimum absolute atomic E-state index is 0. The predicted octanol–water partition coefficient (Wildman–Crippen LogP) is 15.1. The van der Waals surface area contributed by atoms with Gasteiger partial charge >= 0.3 is 0 Å². The number of hydrogen-bond acceptors (Lipinski definition) is 3. The molecule has 0 fully saturated rings. The number of phenols is 1. The second-order valence-corrected chi connectivity index (χ2v) is 20.0. The van der Waals surface area contributed by atoms with Crippen molar-refractivity contribution in [3.8, 4) is 45.3 Å². The maximum absolute atomic E-state index is 11.9. The second-order valence-electron chi connectivity index (χ2n) is 20.0. The summed E-state index contributed by atoms with van der Waals surface area (Å²) in [5.41, 5.74) is 26.0. The number of pyridine rings is 1. The van der Waals surface area contributed by atoms with Crippen LogP contribution in [0.1, 0.15) is 141 Å². The first kappa shape index (κ1) is 42.0. The normalized spacial score (nSPS) is 17.5. The summed E-state index contributed by atoms with van der Waals surface area (Å²) in [4.78, 5) is 10.9. The standard InChI is InChI=1S/C64H48N3O.Pt/c1-35(2)39-26-14-27-40(36(3)4)63(39)67-57-33-51-50(60-43-20-7-9-22-45(43)61(51)46-23-10-8-21-44(46)60)32-56(57)66-64(67)38-17-13-16-37(30-38)54-28-15-29-55(65-54)53-31-49-52(34-58(53)68)62-47-24-11-5-18-41(47)59(49)42-19-6-12-25-48(42)62;/h5-29,31-36,59-62,68H,1-4H3;/q-1;. The van der Waals surface area contributed by atoms with E-state index in [0.717, 1.165) is 44.9 Å². The molecule has 0 amide bonds. The molecule has 4 nitrogen and oxygen atoms in total. The van der Waals surface area contributed by atoms with Crippen LogP contribution in [0, 0.1) is 6.07 Å². The van der Waals surface area contributed by atoms with Gasteiger partial charge in [-0.2, -0.15) is 0 Å². The molecule has 16 rings (SSSR count). The Labute approximate surface area is 417 Å². The van der Waals surface area contributed by atoms with E-state index in [1.165, 1.54) is 83.6 Å². The number of phenolic OH excluding ortho intramolecular Hbond substituents is 1. The fourth-order valence-electron chi connectivity index (χ4n) is 12.8. The third kappa shape index (κ3) is 6.04. The van der Waals surface area contributed by atoms with Crippen LogP contribution in [-0.4, -0.2) is 19.6 Å². The molecule has 10 aromatic rings. The molecule has 0 saturated carbocycles. The van der Waals surface area contributed by atoms with Crippen molar-refractivity contribution < 1.29 is 26.2 Å². The van der Waals surface area contributed by atoms with E-state index in [1.807, 2.05) is 18.2 Å². The Morgan fingerprint density at radius 1 is 0.435 bits per heavy atom. The number of aromatic hydroxyl groups is 1. The molecule has 336 valence electrons. The van der Waals surface area contributed by atoms with Gasteiger partial charge in [-0.05, 0) is 120 Å². The average molecular weight is 1070 g/mol. The topological polar surface area (TPSA) is 50.9 Å². The Morgan fingerprint density at radius 2 is 0.855 bits per heavy atom. The number of nitrogens with zero attached hydrogens (tertiary/aromatic N) is 3. The molecule has 4 bridgehead atoms. The Morgan fingerprint density at radius 3 is 1.36 bits per heavy atom. The van der Waals surface area contributed by atoms with E-state index in [4.69, 9.17) is 9.97 Å². The Balaban J connectivity index is 0.00000469. The van der Waals surface area contributed by atoms with Crippen molar-refractivity contribution in [3.05, 3.63) is 260 Å². The zero-order valence-corrected chi connectivity index (χ0v) is 41.1. The molecule has 5 heteroatoms. The van der Waals surface area contributed by atoms with E-state index in [9.17, 15) is 5.11 Å². The van der Waals surface area contributed by atoms with Crippen molar-refractivity contribution in [1.82, 2.24) is 14.5 Å². The molecule has 6 aliphatic rings. The summed E-state index contributed by atoms with van der Waals surface area (Å²) in [6, 6.07) is 67.9. The number of para-hydroxylation sites is 1. The van der Waals surface area contributed by atoms with Crippen molar-refractivity contribution in [1.29, 1.82) is 0 Å². The fraction of sp³-hybridized carbons (Fsp3) is 0.156. The Bertz CT molecular complexity index is 3650. The summed E-state index contributed by atoms with van der Waals surface area (Å²) in [5, 5.41) is 11.9. The summed E-state index contributed by atoms with van der Waals surface area (Å²) in [7, 11) is 0. The average Bonchev–Trinajstić information content (AvgIpc) is 3.75. The molecule has 1 N–H and O–H groups in total. The van der Waals surface area contributed by atoms with E-state index in [0.29, 0.717) is 0 Å². The number of hydrogen-bond donors (Lipinski definition) is 1. The van der Waals surface area contributed by atoms with Crippen LogP contribution in [0.25, 0.3) is 50.6 Å². The van der Waals surface area contributed by atoms with Gasteiger partial charge in [0, 0.05) is 61.7 Å². The maximum Gasteiger partial charge on any atom is 0.125 e. The molecule has 69 heavy (non-hydrogen) atoms. The third-order valence-electron chi connectivity index (χ3n) is 15.7. The van der Waals surface area contributed by atoms with Gasteiger partial charge in [0.05, 0.1) is 22.6 Å². The molecule has 0 unspecified atom stereocenters. The van der Waals surface area contributed by atoms with Gasteiger partial charge in [-0.15, -0.1) is 24.3 Å². The number of benzene rings is 8. The van der Waals surface area contributed by atoms with Gasteiger partial charge < -0.3 is 9.67 Å². The van der Waals surface area contributed by atoms with E-state index in [2.05, 4.69) is 196 Å². The van der Waals surface area contributed by atoms with Crippen LogP contribution < -0.4 is 0 Å². The van der Waals surface area contributed by atoms with Gasteiger partial charge in [0.1, 0.15) is 5.75 Å². The van der Waals surface area contributed by atoms with Crippen LogP contribution in [-0.2, 0) is 21.1 Å². The van der Waals surface area contributed by atoms with Crippen LogP contribution in [0.2, 0.25) is 0 Å². The SMILES string of the molecule is CC(C)c1cccc(C(C)C)c1-n1c(-c2[c-]c(-c3cccc(-c4cc5c(cc4O)C4c6ccccc6C5c5ccccc54)n3)ccc2)nc2cc3c(cc21)C1c2ccccc2C3c2ccccc21.[Pt]. The minimum Gasteiger partial charge on any atom is -0.507 e. The van der Waals surface area contributed by atoms with Crippen LogP contribution in [0.5, 0.6) is 5.75 Å². The number of fused-ring (bicyclic) bond motifs is 1. The second kappa shape index (κ2) is 15.7. The quantitative estimate of drug-likeness (QED) is 0.169. The smallest absolute Gasteiger partial charge is 0.125 e. The van der Waals surface area contributed by atoms with Crippen molar-refractivity contribution in [3.63, 3.8) is 0 Å². The van der Waals surface area contributed by atoms with Crippen LogP contribution in [0.15, 0.2) is 176 Å². The van der Waals surface area contributed by atoms with Crippen molar-refractivity contribution >= 4 is 11.0 Å². The predicted molar refractivity (Wildman–Crippen MR) is 273 cm³/mol. The zero-order chi connectivity index (χ0) is 45.5. The minimum atomic E-state index is 0. The summed E-state index contributed by atoms with van der Waals surface area (Å²) in [5.74, 6) is 2.15. The van der Waals surface area contributed by atoms with Crippen LogP contribution in [0.4, 0.5) is 0 Å². The van der Waals surface area contributed by atoms with Gasteiger partial charge in [0.15, 0.2) is 0 Å². The first-order valence-electron chi connectivity index (χ1n) is 24.2. The molecular formula is C64H48N3OPt-. The molecule has 0 spiro atoms. The van der Waals surface area contributed by atoms with E-state index < -0.39 is 0 Å². The first-order chi connectivity index (χ1) is 33.3. The monoisotopic (exact) mass is 1070 g/mol. The Kier molecular flexibility index (Phi) is 9.56. The molecule has 2 aromatic heterocycles. The van der Waals surface area contributed by atoms with E-state index in [-0.39, 0.29) is 62.3 Å². The van der Waals surface area contributed by atoms with Crippen molar-refractivity contribution in [2.24, 2.45) is 0 Å². The number of rotatable bonds is 6. The van der Waals surface area contributed by atoms with Gasteiger partial charge in [0.25, 0.3) is 0 Å². The number of aromatic nitrogens is 3. The van der Waals surface area contributed by atoms with Crippen molar-refractivity contribution in [2.75, 3.05) is 0 Å². The van der Waals surface area contributed by atoms with Gasteiger partial charge in [-0.1, -0.05) is 166 Å². The molecule has 0 saturated heterocycles. The molecule has 2 heterocycles.